The number of ketones is 1. The second-order valence-electron chi connectivity index (χ2n) is 4.88. The number of rotatable bonds is 2. The number of aromatic nitrogens is 2. The van der Waals surface area contributed by atoms with Gasteiger partial charge in [-0.25, -0.2) is 4.98 Å². The highest BCUT2D eigenvalue weighted by molar-refractivity contribution is 5.92. The van der Waals surface area contributed by atoms with Crippen LogP contribution in [-0.2, 0) is 6.54 Å². The molecule has 1 N–H and O–H groups in total. The molecule has 4 nitrogen and oxygen atoms in total. The highest BCUT2D eigenvalue weighted by Gasteiger charge is 2.33. The molecule has 0 aromatic carbocycles. The maximum absolute atomic E-state index is 11.6. The third kappa shape index (κ3) is 1.40. The first kappa shape index (κ1) is 10.0. The summed E-state index contributed by atoms with van der Waals surface area (Å²) in [5.74, 6) is 1.89. The Bertz CT molecular complexity index is 420. The van der Waals surface area contributed by atoms with Crippen molar-refractivity contribution in [1.29, 1.82) is 0 Å². The average Bonchev–Trinajstić information content (AvgIpc) is 2.59. The van der Waals surface area contributed by atoms with E-state index in [2.05, 4.69) is 14.9 Å². The minimum atomic E-state index is 0.130. The Labute approximate surface area is 95.1 Å². The average molecular weight is 219 g/mol. The Balaban J connectivity index is 2.00. The maximum atomic E-state index is 11.6. The van der Waals surface area contributed by atoms with E-state index in [4.69, 9.17) is 0 Å². The molecular weight excluding hydrogens is 202 g/mol. The molecule has 0 radical (unpaired) electrons. The fourth-order valence-electron chi connectivity index (χ4n) is 2.79. The van der Waals surface area contributed by atoms with E-state index in [0.29, 0.717) is 6.04 Å². The Morgan fingerprint density at radius 3 is 3.00 bits per heavy atom. The molecule has 1 saturated carbocycles. The van der Waals surface area contributed by atoms with E-state index < -0.39 is 0 Å². The van der Waals surface area contributed by atoms with Crippen molar-refractivity contribution in [2.75, 3.05) is 6.54 Å². The van der Waals surface area contributed by atoms with Gasteiger partial charge < -0.3 is 9.88 Å². The molecule has 0 saturated heterocycles. The van der Waals surface area contributed by atoms with Gasteiger partial charge >= 0.3 is 0 Å². The SMILES string of the molecule is CC(=O)c1cnc2n1C(C1CCC1)CNC2. The van der Waals surface area contributed by atoms with Gasteiger partial charge in [0.2, 0.25) is 0 Å². The van der Waals surface area contributed by atoms with Gasteiger partial charge in [0.05, 0.1) is 18.8 Å². The number of nitrogens with one attached hydrogen (secondary N) is 1. The normalized spacial score (nSPS) is 24.9. The van der Waals surface area contributed by atoms with Crippen molar-refractivity contribution in [3.05, 3.63) is 17.7 Å². The van der Waals surface area contributed by atoms with Crippen LogP contribution in [0.3, 0.4) is 0 Å². The van der Waals surface area contributed by atoms with E-state index in [9.17, 15) is 4.79 Å². The molecule has 1 aliphatic carbocycles. The van der Waals surface area contributed by atoms with Crippen LogP contribution in [0.15, 0.2) is 6.20 Å². The van der Waals surface area contributed by atoms with Crippen molar-refractivity contribution in [2.24, 2.45) is 5.92 Å². The van der Waals surface area contributed by atoms with Crippen molar-refractivity contribution < 1.29 is 4.79 Å². The molecule has 86 valence electrons. The van der Waals surface area contributed by atoms with Crippen LogP contribution in [0.5, 0.6) is 0 Å². The number of carbonyl (C=O) groups is 1. The summed E-state index contributed by atoms with van der Waals surface area (Å²) >= 11 is 0. The molecule has 0 spiro atoms. The van der Waals surface area contributed by atoms with Gasteiger partial charge in [-0.1, -0.05) is 6.42 Å². The van der Waals surface area contributed by atoms with E-state index in [1.165, 1.54) is 19.3 Å². The fourth-order valence-corrected chi connectivity index (χ4v) is 2.79. The van der Waals surface area contributed by atoms with E-state index in [1.807, 2.05) is 0 Å². The summed E-state index contributed by atoms with van der Waals surface area (Å²) in [6, 6.07) is 0.443. The molecule has 1 aromatic rings. The number of hydrogen-bond donors (Lipinski definition) is 1. The molecule has 1 fully saturated rings. The van der Waals surface area contributed by atoms with Crippen molar-refractivity contribution in [1.82, 2.24) is 14.9 Å². The van der Waals surface area contributed by atoms with Crippen LogP contribution in [0.4, 0.5) is 0 Å². The largest absolute Gasteiger partial charge is 0.320 e. The summed E-state index contributed by atoms with van der Waals surface area (Å²) in [6.45, 7) is 3.40. The van der Waals surface area contributed by atoms with Crippen LogP contribution in [0, 0.1) is 5.92 Å². The van der Waals surface area contributed by atoms with Crippen LogP contribution in [0.25, 0.3) is 0 Å². The lowest BCUT2D eigenvalue weighted by Gasteiger charge is -2.38. The van der Waals surface area contributed by atoms with E-state index in [-0.39, 0.29) is 5.78 Å². The summed E-state index contributed by atoms with van der Waals surface area (Å²) < 4.78 is 2.18. The highest BCUT2D eigenvalue weighted by atomic mass is 16.1. The maximum Gasteiger partial charge on any atom is 0.177 e. The Hall–Kier alpha value is -1.16. The predicted molar refractivity (Wildman–Crippen MR) is 60.3 cm³/mol. The fraction of sp³-hybridized carbons (Fsp3) is 0.667. The quantitative estimate of drug-likeness (QED) is 0.767. The molecule has 1 unspecified atom stereocenters. The second kappa shape index (κ2) is 3.70. The number of carbonyl (C=O) groups excluding carboxylic acids is 1. The molecule has 2 heterocycles. The lowest BCUT2D eigenvalue weighted by Crippen LogP contribution is -2.40. The molecule has 3 rings (SSSR count). The topological polar surface area (TPSA) is 46.9 Å². The van der Waals surface area contributed by atoms with Crippen molar-refractivity contribution in [3.63, 3.8) is 0 Å². The summed E-state index contributed by atoms with van der Waals surface area (Å²) in [5.41, 5.74) is 0.786. The minimum Gasteiger partial charge on any atom is -0.320 e. The lowest BCUT2D eigenvalue weighted by atomic mass is 9.79. The van der Waals surface area contributed by atoms with Gasteiger partial charge in [0.1, 0.15) is 11.5 Å². The molecule has 1 aliphatic heterocycles. The number of hydrogen-bond acceptors (Lipinski definition) is 3. The zero-order valence-corrected chi connectivity index (χ0v) is 9.57. The Morgan fingerprint density at radius 2 is 2.38 bits per heavy atom. The zero-order chi connectivity index (χ0) is 11.1. The van der Waals surface area contributed by atoms with Crippen LogP contribution in [0.1, 0.15) is 48.5 Å². The molecule has 0 bridgehead atoms. The van der Waals surface area contributed by atoms with Crippen LogP contribution >= 0.6 is 0 Å². The van der Waals surface area contributed by atoms with Crippen molar-refractivity contribution in [3.8, 4) is 0 Å². The van der Waals surface area contributed by atoms with Gasteiger partial charge in [-0.05, 0) is 18.8 Å². The predicted octanol–water partition coefficient (Wildman–Crippen LogP) is 1.53. The van der Waals surface area contributed by atoms with Crippen LogP contribution < -0.4 is 5.32 Å². The number of fused-ring (bicyclic) bond motifs is 1. The van der Waals surface area contributed by atoms with Crippen molar-refractivity contribution >= 4 is 5.78 Å². The molecule has 1 aromatic heterocycles. The molecule has 2 aliphatic rings. The van der Waals surface area contributed by atoms with Gasteiger partial charge in [0.25, 0.3) is 0 Å². The third-order valence-corrected chi connectivity index (χ3v) is 3.90. The van der Waals surface area contributed by atoms with Gasteiger partial charge in [-0.15, -0.1) is 0 Å². The standard InChI is InChI=1S/C12H17N3O/c1-8(16)10-6-14-12-7-13-5-11(15(10)12)9-3-2-4-9/h6,9,11,13H,2-5,7H2,1H3. The summed E-state index contributed by atoms with van der Waals surface area (Å²) in [5, 5.41) is 3.40. The van der Waals surface area contributed by atoms with E-state index >= 15 is 0 Å². The molecule has 16 heavy (non-hydrogen) atoms. The first-order valence-corrected chi connectivity index (χ1v) is 6.05. The van der Waals surface area contributed by atoms with E-state index in [1.54, 1.807) is 13.1 Å². The Kier molecular flexibility index (Phi) is 2.32. The highest BCUT2D eigenvalue weighted by Crippen LogP contribution is 2.38. The number of Topliss-reactive ketones (excluding diaryl/α,β-unsaturated/α-hetero) is 1. The Morgan fingerprint density at radius 1 is 1.56 bits per heavy atom. The van der Waals surface area contributed by atoms with Gasteiger partial charge in [-0.2, -0.15) is 0 Å². The second-order valence-corrected chi connectivity index (χ2v) is 4.88. The zero-order valence-electron chi connectivity index (χ0n) is 9.57. The van der Waals surface area contributed by atoms with Gasteiger partial charge in [-0.3, -0.25) is 4.79 Å². The third-order valence-electron chi connectivity index (χ3n) is 3.90. The number of imidazole rings is 1. The van der Waals surface area contributed by atoms with Crippen LogP contribution in [-0.4, -0.2) is 21.9 Å². The van der Waals surface area contributed by atoms with E-state index in [0.717, 1.165) is 30.5 Å². The molecule has 0 amide bonds. The van der Waals surface area contributed by atoms with Gasteiger partial charge in [0.15, 0.2) is 5.78 Å². The summed E-state index contributed by atoms with van der Waals surface area (Å²) in [4.78, 5) is 15.9. The minimum absolute atomic E-state index is 0.130. The van der Waals surface area contributed by atoms with Gasteiger partial charge in [0, 0.05) is 13.5 Å². The first-order chi connectivity index (χ1) is 7.77. The molecular formula is C12H17N3O. The first-order valence-electron chi connectivity index (χ1n) is 6.05. The monoisotopic (exact) mass is 219 g/mol. The smallest absolute Gasteiger partial charge is 0.177 e. The lowest BCUT2D eigenvalue weighted by molar-refractivity contribution is 0.0991. The van der Waals surface area contributed by atoms with Crippen molar-refractivity contribution in [2.45, 2.75) is 38.8 Å². The summed E-state index contributed by atoms with van der Waals surface area (Å²) in [6.07, 6.45) is 5.65. The molecule has 4 heteroatoms. The molecule has 1 atom stereocenters. The number of nitrogens with zero attached hydrogens (tertiary/aromatic N) is 2. The van der Waals surface area contributed by atoms with Crippen LogP contribution in [0.2, 0.25) is 0 Å². The summed E-state index contributed by atoms with van der Waals surface area (Å²) in [7, 11) is 0.